The highest BCUT2D eigenvalue weighted by Gasteiger charge is 2.31. The number of alkyl halides is 1. The molecule has 20 heavy (non-hydrogen) atoms. The van der Waals surface area contributed by atoms with Crippen molar-refractivity contribution in [1.29, 1.82) is 0 Å². The Morgan fingerprint density at radius 2 is 2.10 bits per heavy atom. The number of para-hydroxylation sites is 1. The van der Waals surface area contributed by atoms with Gasteiger partial charge in [0.25, 0.3) is 11.6 Å². The third kappa shape index (κ3) is 3.10. The van der Waals surface area contributed by atoms with E-state index in [1.54, 1.807) is 17.0 Å². The summed E-state index contributed by atoms with van der Waals surface area (Å²) in [6.07, 6.45) is 3.74. The van der Waals surface area contributed by atoms with Gasteiger partial charge in [0.2, 0.25) is 0 Å². The van der Waals surface area contributed by atoms with Crippen LogP contribution >= 0.6 is 11.6 Å². The summed E-state index contributed by atoms with van der Waals surface area (Å²) < 4.78 is 0. The molecule has 1 amide bonds. The van der Waals surface area contributed by atoms with Crippen LogP contribution in [0.15, 0.2) is 24.3 Å². The monoisotopic (exact) mass is 296 g/mol. The third-order valence-corrected chi connectivity index (χ3v) is 3.91. The summed E-state index contributed by atoms with van der Waals surface area (Å²) in [7, 11) is 0. The predicted octanol–water partition coefficient (Wildman–Crippen LogP) is 3.22. The van der Waals surface area contributed by atoms with Gasteiger partial charge in [0.05, 0.1) is 4.92 Å². The van der Waals surface area contributed by atoms with Gasteiger partial charge in [-0.1, -0.05) is 12.1 Å². The van der Waals surface area contributed by atoms with Gasteiger partial charge in [-0.15, -0.1) is 11.6 Å². The number of hydrogen-bond donors (Lipinski definition) is 0. The molecule has 1 saturated carbocycles. The van der Waals surface area contributed by atoms with Gasteiger partial charge in [0.15, 0.2) is 0 Å². The zero-order valence-corrected chi connectivity index (χ0v) is 11.9. The highest BCUT2D eigenvalue weighted by Crippen LogP contribution is 2.28. The van der Waals surface area contributed by atoms with E-state index in [1.807, 2.05) is 0 Å². The number of nitrogens with zero attached hydrogens (tertiary/aromatic N) is 2. The van der Waals surface area contributed by atoms with Crippen LogP contribution in [0.1, 0.15) is 36.0 Å². The van der Waals surface area contributed by atoms with Crippen LogP contribution in [-0.4, -0.2) is 34.2 Å². The summed E-state index contributed by atoms with van der Waals surface area (Å²) in [5.74, 6) is 0.222. The van der Waals surface area contributed by atoms with Gasteiger partial charge in [-0.2, -0.15) is 0 Å². The molecule has 6 heteroatoms. The Morgan fingerprint density at radius 3 is 2.65 bits per heavy atom. The topological polar surface area (TPSA) is 63.4 Å². The number of nitro benzene ring substituents is 1. The molecule has 0 aliphatic heterocycles. The van der Waals surface area contributed by atoms with E-state index in [9.17, 15) is 14.9 Å². The van der Waals surface area contributed by atoms with Crippen LogP contribution in [0.3, 0.4) is 0 Å². The average Bonchev–Trinajstić information content (AvgIpc) is 2.40. The summed E-state index contributed by atoms with van der Waals surface area (Å²) in [6.45, 7) is 0.555. The fourth-order valence-electron chi connectivity index (χ4n) is 2.35. The normalized spacial score (nSPS) is 14.7. The second-order valence-corrected chi connectivity index (χ2v) is 5.28. The Labute approximate surface area is 122 Å². The molecule has 5 nitrogen and oxygen atoms in total. The minimum Gasteiger partial charge on any atom is -0.335 e. The molecule has 108 valence electrons. The lowest BCUT2D eigenvalue weighted by atomic mass is 9.90. The zero-order valence-electron chi connectivity index (χ0n) is 11.1. The third-order valence-electron chi connectivity index (χ3n) is 3.64. The molecule has 0 saturated heterocycles. The Morgan fingerprint density at radius 1 is 1.40 bits per heavy atom. The first-order valence-corrected chi connectivity index (χ1v) is 7.29. The Bertz CT molecular complexity index is 503. The maximum Gasteiger partial charge on any atom is 0.282 e. The highest BCUT2D eigenvalue weighted by atomic mass is 35.5. The van der Waals surface area contributed by atoms with Gasteiger partial charge in [-0.25, -0.2) is 0 Å². The Kier molecular flexibility index (Phi) is 4.95. The molecule has 0 N–H and O–H groups in total. The lowest BCUT2D eigenvalue weighted by molar-refractivity contribution is -0.385. The van der Waals surface area contributed by atoms with Crippen molar-refractivity contribution in [3.8, 4) is 0 Å². The van der Waals surface area contributed by atoms with Gasteiger partial charge >= 0.3 is 0 Å². The van der Waals surface area contributed by atoms with Crippen LogP contribution in [0.2, 0.25) is 0 Å². The molecule has 0 heterocycles. The van der Waals surface area contributed by atoms with E-state index in [0.717, 1.165) is 19.3 Å². The number of nitro groups is 1. The Balaban J connectivity index is 2.24. The zero-order chi connectivity index (χ0) is 14.5. The van der Waals surface area contributed by atoms with E-state index in [1.165, 1.54) is 12.1 Å². The van der Waals surface area contributed by atoms with Crippen molar-refractivity contribution in [2.24, 2.45) is 0 Å². The number of amides is 1. The fraction of sp³-hybridized carbons (Fsp3) is 0.500. The molecule has 0 atom stereocenters. The maximum atomic E-state index is 12.6. The van der Waals surface area contributed by atoms with Crippen LogP contribution in [0.25, 0.3) is 0 Å². The first-order chi connectivity index (χ1) is 9.65. The average molecular weight is 297 g/mol. The molecule has 1 fully saturated rings. The lowest BCUT2D eigenvalue weighted by Gasteiger charge is -2.37. The van der Waals surface area contributed by atoms with Crippen molar-refractivity contribution in [1.82, 2.24) is 4.90 Å². The standard InChI is InChI=1S/C14H17ClN2O3/c15-9-4-10-16(11-5-3-6-11)14(18)12-7-1-2-8-13(12)17(19)20/h1-2,7-8,11H,3-6,9-10H2. The van der Waals surface area contributed by atoms with Crippen LogP contribution in [0, 0.1) is 10.1 Å². The number of carbonyl (C=O) groups is 1. The molecule has 1 aromatic carbocycles. The van der Waals surface area contributed by atoms with Gasteiger partial charge in [-0.3, -0.25) is 14.9 Å². The summed E-state index contributed by atoms with van der Waals surface area (Å²) in [4.78, 5) is 24.9. The number of benzene rings is 1. The summed E-state index contributed by atoms with van der Waals surface area (Å²) >= 11 is 5.70. The minimum atomic E-state index is -0.506. The van der Waals surface area contributed by atoms with Crippen LogP contribution in [0.4, 0.5) is 5.69 Å². The Hall–Kier alpha value is -1.62. The SMILES string of the molecule is O=C(c1ccccc1[N+](=O)[O-])N(CCCCl)C1CCC1. The molecule has 0 bridgehead atoms. The number of rotatable bonds is 6. The number of hydrogen-bond acceptors (Lipinski definition) is 3. The van der Waals surface area contributed by atoms with E-state index in [0.29, 0.717) is 18.8 Å². The van der Waals surface area contributed by atoms with Gasteiger partial charge in [0.1, 0.15) is 5.56 Å². The van der Waals surface area contributed by atoms with E-state index in [4.69, 9.17) is 11.6 Å². The molecule has 2 rings (SSSR count). The molecule has 1 aliphatic carbocycles. The number of halogens is 1. The first kappa shape index (κ1) is 14.8. The molecule has 0 radical (unpaired) electrons. The largest absolute Gasteiger partial charge is 0.335 e. The van der Waals surface area contributed by atoms with Crippen molar-refractivity contribution < 1.29 is 9.72 Å². The molecular formula is C14H17ClN2O3. The molecular weight excluding hydrogens is 280 g/mol. The summed E-state index contributed by atoms with van der Waals surface area (Å²) in [5, 5.41) is 11.0. The maximum absolute atomic E-state index is 12.6. The van der Waals surface area contributed by atoms with Gasteiger partial charge in [0, 0.05) is 24.5 Å². The lowest BCUT2D eigenvalue weighted by Crippen LogP contribution is -2.45. The smallest absolute Gasteiger partial charge is 0.282 e. The van der Waals surface area contributed by atoms with Gasteiger partial charge in [-0.05, 0) is 31.7 Å². The summed E-state index contributed by atoms with van der Waals surface area (Å²) in [5.41, 5.74) is 0.0340. The van der Waals surface area contributed by atoms with Crippen molar-refractivity contribution in [2.45, 2.75) is 31.7 Å². The molecule has 1 aromatic rings. The predicted molar refractivity (Wildman–Crippen MR) is 77.1 cm³/mol. The highest BCUT2D eigenvalue weighted by molar-refractivity contribution is 6.17. The fourth-order valence-corrected chi connectivity index (χ4v) is 2.47. The van der Waals surface area contributed by atoms with E-state index in [-0.39, 0.29) is 23.2 Å². The molecule has 0 unspecified atom stereocenters. The molecule has 1 aliphatic rings. The first-order valence-electron chi connectivity index (χ1n) is 6.75. The van der Waals surface area contributed by atoms with E-state index >= 15 is 0 Å². The van der Waals surface area contributed by atoms with Crippen LogP contribution in [-0.2, 0) is 0 Å². The second-order valence-electron chi connectivity index (χ2n) is 4.90. The molecule has 0 aromatic heterocycles. The van der Waals surface area contributed by atoms with Crippen molar-refractivity contribution >= 4 is 23.2 Å². The van der Waals surface area contributed by atoms with E-state index < -0.39 is 4.92 Å². The van der Waals surface area contributed by atoms with Crippen LogP contribution < -0.4 is 0 Å². The quantitative estimate of drug-likeness (QED) is 0.460. The second kappa shape index (κ2) is 6.70. The van der Waals surface area contributed by atoms with Crippen molar-refractivity contribution in [2.75, 3.05) is 12.4 Å². The van der Waals surface area contributed by atoms with Crippen molar-refractivity contribution in [3.63, 3.8) is 0 Å². The van der Waals surface area contributed by atoms with E-state index in [2.05, 4.69) is 0 Å². The van der Waals surface area contributed by atoms with Crippen LogP contribution in [0.5, 0.6) is 0 Å². The van der Waals surface area contributed by atoms with Gasteiger partial charge < -0.3 is 4.90 Å². The molecule has 0 spiro atoms. The van der Waals surface area contributed by atoms with Crippen molar-refractivity contribution in [3.05, 3.63) is 39.9 Å². The summed E-state index contributed by atoms with van der Waals surface area (Å²) in [6, 6.07) is 6.31. The minimum absolute atomic E-state index is 0.132. The number of carbonyl (C=O) groups excluding carboxylic acids is 1.